The van der Waals surface area contributed by atoms with Crippen LogP contribution in [-0.4, -0.2) is 5.97 Å². The molecule has 0 saturated carbocycles. The van der Waals surface area contributed by atoms with Crippen LogP contribution in [0.1, 0.15) is 27.0 Å². The van der Waals surface area contributed by atoms with Crippen molar-refractivity contribution in [1.82, 2.24) is 0 Å². The van der Waals surface area contributed by atoms with Gasteiger partial charge in [0.2, 0.25) is 0 Å². The molecule has 98 valence electrons. The second kappa shape index (κ2) is 5.45. The van der Waals surface area contributed by atoms with E-state index in [4.69, 9.17) is 16.3 Å². The molecule has 3 heteroatoms. The lowest BCUT2D eigenvalue weighted by Crippen LogP contribution is -2.08. The molecule has 2 nitrogen and oxygen atoms in total. The summed E-state index contributed by atoms with van der Waals surface area (Å²) in [6, 6.07) is 10.9. The number of hydrogen-bond acceptors (Lipinski definition) is 2. The molecule has 2 aromatic rings. The second-order valence-electron chi connectivity index (χ2n) is 4.63. The van der Waals surface area contributed by atoms with Gasteiger partial charge in [0.05, 0.1) is 5.56 Å². The standard InChI is InChI=1S/C16H15ClO2/c1-10-5-4-6-13(7-10)16(18)19-14-8-11(2)15(17)12(3)9-14/h4-9H,1-3H3. The zero-order valence-electron chi connectivity index (χ0n) is 11.2. The Balaban J connectivity index is 2.24. The molecule has 0 aromatic heterocycles. The van der Waals surface area contributed by atoms with E-state index in [2.05, 4.69) is 0 Å². The van der Waals surface area contributed by atoms with Crippen molar-refractivity contribution >= 4 is 17.6 Å². The van der Waals surface area contributed by atoms with E-state index < -0.39 is 0 Å². The van der Waals surface area contributed by atoms with Gasteiger partial charge in [0.25, 0.3) is 0 Å². The van der Waals surface area contributed by atoms with Crippen molar-refractivity contribution in [2.45, 2.75) is 20.8 Å². The highest BCUT2D eigenvalue weighted by Gasteiger charge is 2.10. The van der Waals surface area contributed by atoms with Crippen molar-refractivity contribution in [3.05, 3.63) is 63.7 Å². The summed E-state index contributed by atoms with van der Waals surface area (Å²) in [5.74, 6) is 0.163. The van der Waals surface area contributed by atoms with Crippen molar-refractivity contribution in [2.24, 2.45) is 0 Å². The molecule has 0 radical (unpaired) electrons. The fourth-order valence-corrected chi connectivity index (χ4v) is 2.01. The third-order valence-electron chi connectivity index (χ3n) is 2.87. The lowest BCUT2D eigenvalue weighted by molar-refractivity contribution is 0.0734. The fourth-order valence-electron chi connectivity index (χ4n) is 1.90. The molecule has 0 bridgehead atoms. The largest absolute Gasteiger partial charge is 0.423 e. The van der Waals surface area contributed by atoms with Gasteiger partial charge < -0.3 is 4.74 Å². The van der Waals surface area contributed by atoms with Crippen LogP contribution in [0.25, 0.3) is 0 Å². The number of carbonyl (C=O) groups excluding carboxylic acids is 1. The molecule has 19 heavy (non-hydrogen) atoms. The van der Waals surface area contributed by atoms with Crippen molar-refractivity contribution in [3.63, 3.8) is 0 Å². The molecule has 0 fully saturated rings. The Morgan fingerprint density at radius 2 is 1.68 bits per heavy atom. The number of rotatable bonds is 2. The maximum Gasteiger partial charge on any atom is 0.343 e. The van der Waals surface area contributed by atoms with Gasteiger partial charge in [-0.3, -0.25) is 0 Å². The molecular weight excluding hydrogens is 260 g/mol. The van der Waals surface area contributed by atoms with Crippen LogP contribution in [0.3, 0.4) is 0 Å². The third-order valence-corrected chi connectivity index (χ3v) is 3.47. The predicted octanol–water partition coefficient (Wildman–Crippen LogP) is 4.48. The second-order valence-corrected chi connectivity index (χ2v) is 5.01. The summed E-state index contributed by atoms with van der Waals surface area (Å²) >= 11 is 6.08. The summed E-state index contributed by atoms with van der Waals surface area (Å²) in [5, 5.41) is 0.704. The zero-order valence-corrected chi connectivity index (χ0v) is 11.9. The molecule has 0 aliphatic heterocycles. The molecule has 0 N–H and O–H groups in total. The summed E-state index contributed by atoms with van der Waals surface area (Å²) in [4.78, 5) is 12.0. The first kappa shape index (κ1) is 13.6. The van der Waals surface area contributed by atoms with Crippen LogP contribution in [0.15, 0.2) is 36.4 Å². The van der Waals surface area contributed by atoms with Crippen molar-refractivity contribution in [3.8, 4) is 5.75 Å². The SMILES string of the molecule is Cc1cccc(C(=O)Oc2cc(C)c(Cl)c(C)c2)c1. The highest BCUT2D eigenvalue weighted by molar-refractivity contribution is 6.32. The summed E-state index contributed by atoms with van der Waals surface area (Å²) in [6.07, 6.45) is 0. The minimum atomic E-state index is -0.357. The summed E-state index contributed by atoms with van der Waals surface area (Å²) in [6.45, 7) is 5.71. The Bertz CT molecular complexity index is 609. The predicted molar refractivity (Wildman–Crippen MR) is 77.1 cm³/mol. The van der Waals surface area contributed by atoms with Crippen LogP contribution < -0.4 is 4.74 Å². The van der Waals surface area contributed by atoms with Gasteiger partial charge in [-0.05, 0) is 56.2 Å². The first-order valence-electron chi connectivity index (χ1n) is 6.03. The Morgan fingerprint density at radius 1 is 1.05 bits per heavy atom. The number of halogens is 1. The summed E-state index contributed by atoms with van der Waals surface area (Å²) in [5.41, 5.74) is 3.37. The molecular formula is C16H15ClO2. The van der Waals surface area contributed by atoms with Gasteiger partial charge >= 0.3 is 5.97 Å². The molecule has 0 unspecified atom stereocenters. The van der Waals surface area contributed by atoms with Gasteiger partial charge in [-0.25, -0.2) is 4.79 Å². The smallest absolute Gasteiger partial charge is 0.343 e. The Morgan fingerprint density at radius 3 is 2.26 bits per heavy atom. The van der Waals surface area contributed by atoms with Gasteiger partial charge in [0.15, 0.2) is 0 Å². The van der Waals surface area contributed by atoms with Crippen LogP contribution >= 0.6 is 11.6 Å². The van der Waals surface area contributed by atoms with E-state index in [1.165, 1.54) is 0 Å². The normalized spacial score (nSPS) is 10.3. The average molecular weight is 275 g/mol. The fraction of sp³-hybridized carbons (Fsp3) is 0.188. The first-order valence-corrected chi connectivity index (χ1v) is 6.41. The first-order chi connectivity index (χ1) is 8.97. The van der Waals surface area contributed by atoms with Gasteiger partial charge in [-0.15, -0.1) is 0 Å². The number of carbonyl (C=O) groups is 1. The van der Waals surface area contributed by atoms with Crippen molar-refractivity contribution in [2.75, 3.05) is 0 Å². The highest BCUT2D eigenvalue weighted by Crippen LogP contribution is 2.26. The van der Waals surface area contributed by atoms with E-state index in [1.807, 2.05) is 32.9 Å². The molecule has 0 amide bonds. The van der Waals surface area contributed by atoms with Crippen LogP contribution in [0.2, 0.25) is 5.02 Å². The molecule has 0 spiro atoms. The lowest BCUT2D eigenvalue weighted by atomic mass is 10.1. The van der Waals surface area contributed by atoms with E-state index in [0.29, 0.717) is 16.3 Å². The number of hydrogen-bond donors (Lipinski definition) is 0. The maximum absolute atomic E-state index is 12.0. The van der Waals surface area contributed by atoms with Gasteiger partial charge in [-0.2, -0.15) is 0 Å². The molecule has 0 heterocycles. The molecule has 2 aromatic carbocycles. The average Bonchev–Trinajstić information content (AvgIpc) is 2.36. The zero-order chi connectivity index (χ0) is 14.0. The van der Waals surface area contributed by atoms with Gasteiger partial charge in [-0.1, -0.05) is 29.3 Å². The van der Waals surface area contributed by atoms with E-state index >= 15 is 0 Å². The monoisotopic (exact) mass is 274 g/mol. The molecule has 0 atom stereocenters. The van der Waals surface area contributed by atoms with Crippen LogP contribution in [0, 0.1) is 20.8 Å². The van der Waals surface area contributed by atoms with Crippen LogP contribution in [-0.2, 0) is 0 Å². The van der Waals surface area contributed by atoms with Crippen molar-refractivity contribution in [1.29, 1.82) is 0 Å². The summed E-state index contributed by atoms with van der Waals surface area (Å²) in [7, 11) is 0. The Hall–Kier alpha value is -1.80. The van der Waals surface area contributed by atoms with Gasteiger partial charge in [0.1, 0.15) is 5.75 Å². The van der Waals surface area contributed by atoms with E-state index in [1.54, 1.807) is 24.3 Å². The lowest BCUT2D eigenvalue weighted by Gasteiger charge is -2.09. The number of aryl methyl sites for hydroxylation is 3. The molecule has 0 aliphatic rings. The topological polar surface area (TPSA) is 26.3 Å². The molecule has 0 aliphatic carbocycles. The number of esters is 1. The Kier molecular flexibility index (Phi) is 3.91. The van der Waals surface area contributed by atoms with Crippen molar-refractivity contribution < 1.29 is 9.53 Å². The van der Waals surface area contributed by atoms with E-state index in [-0.39, 0.29) is 5.97 Å². The summed E-state index contributed by atoms with van der Waals surface area (Å²) < 4.78 is 5.37. The van der Waals surface area contributed by atoms with Crippen LogP contribution in [0.4, 0.5) is 0 Å². The number of ether oxygens (including phenoxy) is 1. The molecule has 2 rings (SSSR count). The minimum Gasteiger partial charge on any atom is -0.423 e. The van der Waals surface area contributed by atoms with Gasteiger partial charge in [0, 0.05) is 5.02 Å². The maximum atomic E-state index is 12.0. The Labute approximate surface area is 118 Å². The minimum absolute atomic E-state index is 0.357. The third kappa shape index (κ3) is 3.15. The highest BCUT2D eigenvalue weighted by atomic mass is 35.5. The quantitative estimate of drug-likeness (QED) is 0.596. The van der Waals surface area contributed by atoms with E-state index in [9.17, 15) is 4.79 Å². The van der Waals surface area contributed by atoms with Crippen LogP contribution in [0.5, 0.6) is 5.75 Å². The van der Waals surface area contributed by atoms with E-state index in [0.717, 1.165) is 16.7 Å². The molecule has 0 saturated heterocycles. The number of benzene rings is 2.